The second-order valence-corrected chi connectivity index (χ2v) is 6.89. The minimum atomic E-state index is -0.199. The van der Waals surface area contributed by atoms with Crippen molar-refractivity contribution in [2.45, 2.75) is 26.4 Å². The molecule has 8 nitrogen and oxygen atoms in total. The van der Waals surface area contributed by atoms with Crippen LogP contribution in [-0.4, -0.2) is 42.5 Å². The molecule has 2 amide bonds. The van der Waals surface area contributed by atoms with Crippen molar-refractivity contribution in [1.82, 2.24) is 34.8 Å². The second-order valence-electron chi connectivity index (χ2n) is 6.89. The Morgan fingerprint density at radius 2 is 1.96 bits per heavy atom. The van der Waals surface area contributed by atoms with Gasteiger partial charge in [-0.05, 0) is 29.7 Å². The number of nitrogens with zero attached hydrogens (tertiary/aromatic N) is 6. The largest absolute Gasteiger partial charge is 0.328 e. The van der Waals surface area contributed by atoms with Gasteiger partial charge in [0, 0.05) is 33.0 Å². The predicted molar refractivity (Wildman–Crippen MR) is 102 cm³/mol. The summed E-state index contributed by atoms with van der Waals surface area (Å²) < 4.78 is 3.49. The molecule has 3 rings (SSSR count). The zero-order valence-electron chi connectivity index (χ0n) is 16.1. The number of hydrogen-bond acceptors (Lipinski definition) is 4. The van der Waals surface area contributed by atoms with Gasteiger partial charge in [0.1, 0.15) is 12.2 Å². The van der Waals surface area contributed by atoms with Crippen LogP contribution in [0.15, 0.2) is 49.1 Å². The summed E-state index contributed by atoms with van der Waals surface area (Å²) in [7, 11) is 3.61. The van der Waals surface area contributed by atoms with Gasteiger partial charge in [0.25, 0.3) is 0 Å². The number of aryl methyl sites for hydroxylation is 1. The fourth-order valence-corrected chi connectivity index (χ4v) is 2.88. The van der Waals surface area contributed by atoms with Crippen molar-refractivity contribution in [2.75, 3.05) is 7.05 Å². The van der Waals surface area contributed by atoms with Crippen LogP contribution in [-0.2, 0) is 13.6 Å². The fourth-order valence-electron chi connectivity index (χ4n) is 2.88. The molecule has 1 aromatic carbocycles. The molecule has 27 heavy (non-hydrogen) atoms. The van der Waals surface area contributed by atoms with E-state index in [-0.39, 0.29) is 18.0 Å². The van der Waals surface area contributed by atoms with Crippen LogP contribution in [0.5, 0.6) is 0 Å². The van der Waals surface area contributed by atoms with E-state index in [9.17, 15) is 4.79 Å². The third kappa shape index (κ3) is 4.33. The van der Waals surface area contributed by atoms with Crippen LogP contribution in [0, 0.1) is 5.92 Å². The minimum absolute atomic E-state index is 0.146. The van der Waals surface area contributed by atoms with Gasteiger partial charge in [-0.3, -0.25) is 4.68 Å². The van der Waals surface area contributed by atoms with Gasteiger partial charge in [-0.2, -0.15) is 10.2 Å². The Bertz CT molecular complexity index is 868. The molecule has 2 aromatic heterocycles. The number of nitrogens with one attached hydrogen (secondary N) is 1. The molecule has 0 saturated carbocycles. The zero-order valence-corrected chi connectivity index (χ0v) is 16.1. The molecule has 0 aliphatic heterocycles. The van der Waals surface area contributed by atoms with E-state index >= 15 is 0 Å². The van der Waals surface area contributed by atoms with Crippen LogP contribution < -0.4 is 5.32 Å². The van der Waals surface area contributed by atoms with Crippen LogP contribution in [0.4, 0.5) is 4.79 Å². The number of carbonyl (C=O) groups is 1. The molecule has 0 spiro atoms. The molecule has 0 aliphatic rings. The first kappa shape index (κ1) is 18.6. The number of amides is 2. The lowest BCUT2D eigenvalue weighted by atomic mass is 10.0. The Hall–Kier alpha value is -3.16. The Kier molecular flexibility index (Phi) is 5.54. The molecule has 0 fully saturated rings. The summed E-state index contributed by atoms with van der Waals surface area (Å²) in [6.45, 7) is 4.61. The first-order valence-electron chi connectivity index (χ1n) is 8.90. The van der Waals surface area contributed by atoms with Crippen molar-refractivity contribution < 1.29 is 4.79 Å². The van der Waals surface area contributed by atoms with Gasteiger partial charge >= 0.3 is 6.03 Å². The average molecular weight is 367 g/mol. The predicted octanol–water partition coefficient (Wildman–Crippen LogP) is 2.54. The summed E-state index contributed by atoms with van der Waals surface area (Å²) in [6, 6.07) is 9.53. The highest BCUT2D eigenvalue weighted by Crippen LogP contribution is 2.19. The first-order chi connectivity index (χ1) is 13.0. The van der Waals surface area contributed by atoms with Crippen LogP contribution in [0.25, 0.3) is 5.69 Å². The quantitative estimate of drug-likeness (QED) is 0.726. The number of benzene rings is 1. The summed E-state index contributed by atoms with van der Waals surface area (Å²) in [6.07, 6.45) is 5.14. The SMILES string of the molecule is CC(C)[C@H](NC(=O)N(C)Cc1ccc(-n2cccn2)cc1)c1ncnn1C. The van der Waals surface area contributed by atoms with Gasteiger partial charge < -0.3 is 10.2 Å². The highest BCUT2D eigenvalue weighted by atomic mass is 16.2. The van der Waals surface area contributed by atoms with Crippen molar-refractivity contribution in [3.8, 4) is 5.69 Å². The summed E-state index contributed by atoms with van der Waals surface area (Å²) in [4.78, 5) is 18.6. The van der Waals surface area contributed by atoms with E-state index in [1.807, 2.05) is 57.4 Å². The molecule has 2 heterocycles. The van der Waals surface area contributed by atoms with Crippen LogP contribution in [0.3, 0.4) is 0 Å². The summed E-state index contributed by atoms with van der Waals surface area (Å²) in [5.41, 5.74) is 2.03. The Morgan fingerprint density at radius 3 is 2.52 bits per heavy atom. The van der Waals surface area contributed by atoms with E-state index in [2.05, 4.69) is 20.5 Å². The molecule has 0 bridgehead atoms. The highest BCUT2D eigenvalue weighted by molar-refractivity contribution is 5.74. The van der Waals surface area contributed by atoms with Crippen molar-refractivity contribution in [2.24, 2.45) is 13.0 Å². The van der Waals surface area contributed by atoms with Gasteiger partial charge in [-0.15, -0.1) is 0 Å². The number of carbonyl (C=O) groups excluding carboxylic acids is 1. The fraction of sp³-hybridized carbons (Fsp3) is 0.368. The summed E-state index contributed by atoms with van der Waals surface area (Å²) in [5, 5.41) is 11.4. The summed E-state index contributed by atoms with van der Waals surface area (Å²) in [5.74, 6) is 0.939. The molecule has 0 saturated heterocycles. The monoisotopic (exact) mass is 367 g/mol. The number of urea groups is 1. The molecule has 8 heteroatoms. The lowest BCUT2D eigenvalue weighted by molar-refractivity contribution is 0.197. The highest BCUT2D eigenvalue weighted by Gasteiger charge is 2.24. The van der Waals surface area contributed by atoms with Gasteiger partial charge in [0.05, 0.1) is 11.7 Å². The van der Waals surface area contributed by atoms with Crippen LogP contribution >= 0.6 is 0 Å². The smallest absolute Gasteiger partial charge is 0.318 e. The van der Waals surface area contributed by atoms with E-state index < -0.39 is 0 Å². The number of rotatable bonds is 6. The maximum atomic E-state index is 12.7. The maximum Gasteiger partial charge on any atom is 0.318 e. The van der Waals surface area contributed by atoms with E-state index in [0.717, 1.165) is 17.1 Å². The third-order valence-corrected chi connectivity index (χ3v) is 4.44. The number of hydrogen-bond donors (Lipinski definition) is 1. The molecule has 142 valence electrons. The molecule has 1 N–H and O–H groups in total. The molecular formula is C19H25N7O. The van der Waals surface area contributed by atoms with Gasteiger partial charge in [0.15, 0.2) is 0 Å². The molecule has 0 radical (unpaired) electrons. The molecule has 0 aliphatic carbocycles. The van der Waals surface area contributed by atoms with E-state index in [1.165, 1.54) is 6.33 Å². The van der Waals surface area contributed by atoms with Crippen LogP contribution in [0.2, 0.25) is 0 Å². The second kappa shape index (κ2) is 8.03. The van der Waals surface area contributed by atoms with E-state index in [0.29, 0.717) is 6.54 Å². The van der Waals surface area contributed by atoms with Crippen molar-refractivity contribution in [3.05, 3.63) is 60.4 Å². The Morgan fingerprint density at radius 1 is 1.22 bits per heavy atom. The van der Waals surface area contributed by atoms with Crippen molar-refractivity contribution in [3.63, 3.8) is 0 Å². The molecule has 3 aromatic rings. The standard InChI is InChI=1S/C19H25N7O/c1-14(2)17(18-20-13-22-25(18)4)23-19(27)24(3)12-15-6-8-16(9-7-15)26-11-5-10-21-26/h5-11,13-14,17H,12H2,1-4H3,(H,23,27)/t17-/m0/s1. The van der Waals surface area contributed by atoms with E-state index in [1.54, 1.807) is 27.5 Å². The Balaban J connectivity index is 1.64. The lowest BCUT2D eigenvalue weighted by Crippen LogP contribution is -2.41. The van der Waals surface area contributed by atoms with Crippen LogP contribution in [0.1, 0.15) is 31.3 Å². The number of aromatic nitrogens is 5. The molecular weight excluding hydrogens is 342 g/mol. The van der Waals surface area contributed by atoms with Gasteiger partial charge in [0.2, 0.25) is 0 Å². The van der Waals surface area contributed by atoms with E-state index in [4.69, 9.17) is 0 Å². The van der Waals surface area contributed by atoms with Gasteiger partial charge in [-0.25, -0.2) is 14.5 Å². The maximum absolute atomic E-state index is 12.7. The lowest BCUT2D eigenvalue weighted by Gasteiger charge is -2.25. The van der Waals surface area contributed by atoms with Crippen molar-refractivity contribution in [1.29, 1.82) is 0 Å². The Labute approximate surface area is 158 Å². The normalized spacial score (nSPS) is 12.2. The first-order valence-corrected chi connectivity index (χ1v) is 8.90. The summed E-state index contributed by atoms with van der Waals surface area (Å²) >= 11 is 0. The minimum Gasteiger partial charge on any atom is -0.328 e. The topological polar surface area (TPSA) is 80.9 Å². The molecule has 1 atom stereocenters. The van der Waals surface area contributed by atoms with Gasteiger partial charge in [-0.1, -0.05) is 26.0 Å². The average Bonchev–Trinajstić information content (AvgIpc) is 3.32. The third-order valence-electron chi connectivity index (χ3n) is 4.44. The van der Waals surface area contributed by atoms with Crippen molar-refractivity contribution >= 4 is 6.03 Å². The molecule has 0 unspecified atom stereocenters. The zero-order chi connectivity index (χ0) is 19.4.